The van der Waals surface area contributed by atoms with Crippen molar-refractivity contribution in [2.75, 3.05) is 6.54 Å². The number of carboxylic acid groups (broad SMARTS) is 1. The van der Waals surface area contributed by atoms with Crippen LogP contribution in [-0.4, -0.2) is 28.6 Å². The van der Waals surface area contributed by atoms with E-state index in [1.807, 2.05) is 0 Å². The van der Waals surface area contributed by atoms with Crippen LogP contribution in [-0.2, 0) is 6.54 Å². The van der Waals surface area contributed by atoms with Crippen molar-refractivity contribution >= 4 is 5.97 Å². The SMILES string of the molecule is Cc1oc(CN(CC(C)C)C2CC2)cc1C(=O)O. The highest BCUT2D eigenvalue weighted by Gasteiger charge is 2.30. The predicted molar refractivity (Wildman–Crippen MR) is 68.7 cm³/mol. The van der Waals surface area contributed by atoms with Gasteiger partial charge in [-0.05, 0) is 31.7 Å². The third-order valence-electron chi connectivity index (χ3n) is 3.22. The van der Waals surface area contributed by atoms with Crippen LogP contribution >= 0.6 is 0 Å². The highest BCUT2D eigenvalue weighted by atomic mass is 16.4. The van der Waals surface area contributed by atoms with E-state index in [2.05, 4.69) is 18.7 Å². The molecule has 0 saturated heterocycles. The molecule has 4 heteroatoms. The van der Waals surface area contributed by atoms with Crippen LogP contribution in [0.25, 0.3) is 0 Å². The lowest BCUT2D eigenvalue weighted by Gasteiger charge is -2.22. The molecule has 2 rings (SSSR count). The third kappa shape index (κ3) is 3.13. The molecule has 1 saturated carbocycles. The Morgan fingerprint density at radius 3 is 2.67 bits per heavy atom. The first-order chi connectivity index (χ1) is 8.47. The summed E-state index contributed by atoms with van der Waals surface area (Å²) >= 11 is 0. The van der Waals surface area contributed by atoms with E-state index in [1.165, 1.54) is 12.8 Å². The maximum absolute atomic E-state index is 11.0. The molecule has 0 bridgehead atoms. The Morgan fingerprint density at radius 1 is 1.56 bits per heavy atom. The number of furan rings is 1. The molecule has 1 heterocycles. The van der Waals surface area contributed by atoms with Gasteiger partial charge in [-0.1, -0.05) is 13.8 Å². The number of hydrogen-bond donors (Lipinski definition) is 1. The smallest absolute Gasteiger partial charge is 0.339 e. The topological polar surface area (TPSA) is 53.7 Å². The fourth-order valence-electron chi connectivity index (χ4n) is 2.29. The molecule has 100 valence electrons. The van der Waals surface area contributed by atoms with Gasteiger partial charge in [0.05, 0.1) is 6.54 Å². The van der Waals surface area contributed by atoms with Gasteiger partial charge in [-0.25, -0.2) is 4.79 Å². The first kappa shape index (κ1) is 13.1. The van der Waals surface area contributed by atoms with Gasteiger partial charge in [0.15, 0.2) is 0 Å². The lowest BCUT2D eigenvalue weighted by molar-refractivity contribution is 0.0695. The van der Waals surface area contributed by atoms with Crippen LogP contribution in [0.5, 0.6) is 0 Å². The zero-order chi connectivity index (χ0) is 13.3. The molecule has 1 aliphatic carbocycles. The van der Waals surface area contributed by atoms with E-state index in [0.29, 0.717) is 17.7 Å². The molecule has 0 unspecified atom stereocenters. The Labute approximate surface area is 108 Å². The summed E-state index contributed by atoms with van der Waals surface area (Å²) in [6, 6.07) is 2.32. The highest BCUT2D eigenvalue weighted by Crippen LogP contribution is 2.29. The predicted octanol–water partition coefficient (Wildman–Crippen LogP) is 2.91. The first-order valence-electron chi connectivity index (χ1n) is 6.54. The molecule has 1 N–H and O–H groups in total. The van der Waals surface area contributed by atoms with E-state index in [1.54, 1.807) is 13.0 Å². The van der Waals surface area contributed by atoms with Crippen LogP contribution < -0.4 is 0 Å². The van der Waals surface area contributed by atoms with Crippen molar-refractivity contribution in [3.05, 3.63) is 23.2 Å². The third-order valence-corrected chi connectivity index (χ3v) is 3.22. The number of hydrogen-bond acceptors (Lipinski definition) is 3. The van der Waals surface area contributed by atoms with Crippen LogP contribution in [0.2, 0.25) is 0 Å². The van der Waals surface area contributed by atoms with Crippen molar-refractivity contribution in [3.8, 4) is 0 Å². The van der Waals surface area contributed by atoms with Crippen molar-refractivity contribution in [1.82, 2.24) is 4.90 Å². The minimum absolute atomic E-state index is 0.283. The van der Waals surface area contributed by atoms with Gasteiger partial charge >= 0.3 is 5.97 Å². The second-order valence-electron chi connectivity index (χ2n) is 5.54. The van der Waals surface area contributed by atoms with Gasteiger partial charge in [0.1, 0.15) is 17.1 Å². The van der Waals surface area contributed by atoms with E-state index in [4.69, 9.17) is 9.52 Å². The first-order valence-corrected chi connectivity index (χ1v) is 6.54. The van der Waals surface area contributed by atoms with Crippen molar-refractivity contribution in [2.45, 2.75) is 46.2 Å². The van der Waals surface area contributed by atoms with Crippen molar-refractivity contribution in [1.29, 1.82) is 0 Å². The number of rotatable bonds is 6. The highest BCUT2D eigenvalue weighted by molar-refractivity contribution is 5.88. The molecule has 0 aliphatic heterocycles. The standard InChI is InChI=1S/C14H21NO3/c1-9(2)7-15(11-4-5-11)8-12-6-13(14(16)17)10(3)18-12/h6,9,11H,4-5,7-8H2,1-3H3,(H,16,17). The number of carboxylic acids is 1. The minimum Gasteiger partial charge on any atom is -0.478 e. The zero-order valence-electron chi connectivity index (χ0n) is 11.3. The molecule has 0 atom stereocenters. The van der Waals surface area contributed by atoms with Crippen molar-refractivity contribution < 1.29 is 14.3 Å². The monoisotopic (exact) mass is 251 g/mol. The molecule has 18 heavy (non-hydrogen) atoms. The molecular weight excluding hydrogens is 230 g/mol. The van der Waals surface area contributed by atoms with Gasteiger partial charge in [-0.3, -0.25) is 4.90 Å². The van der Waals surface area contributed by atoms with Gasteiger partial charge in [0, 0.05) is 12.6 Å². The lowest BCUT2D eigenvalue weighted by Crippen LogP contribution is -2.29. The molecule has 1 aromatic rings. The number of carbonyl (C=O) groups is 1. The van der Waals surface area contributed by atoms with Gasteiger partial charge < -0.3 is 9.52 Å². The maximum Gasteiger partial charge on any atom is 0.339 e. The van der Waals surface area contributed by atoms with Gasteiger partial charge in [-0.2, -0.15) is 0 Å². The Morgan fingerprint density at radius 2 is 2.22 bits per heavy atom. The van der Waals surface area contributed by atoms with E-state index in [9.17, 15) is 4.79 Å². The summed E-state index contributed by atoms with van der Waals surface area (Å²) in [5.41, 5.74) is 0.283. The Hall–Kier alpha value is -1.29. The Balaban J connectivity index is 2.06. The fraction of sp³-hybridized carbons (Fsp3) is 0.643. The summed E-state index contributed by atoms with van der Waals surface area (Å²) < 4.78 is 5.54. The van der Waals surface area contributed by atoms with Crippen LogP contribution in [0, 0.1) is 12.8 Å². The molecule has 0 radical (unpaired) electrons. The summed E-state index contributed by atoms with van der Waals surface area (Å²) in [5, 5.41) is 9.01. The molecular formula is C14H21NO3. The quantitative estimate of drug-likeness (QED) is 0.844. The van der Waals surface area contributed by atoms with E-state index < -0.39 is 5.97 Å². The lowest BCUT2D eigenvalue weighted by atomic mass is 10.2. The maximum atomic E-state index is 11.0. The number of nitrogens with zero attached hydrogens (tertiary/aromatic N) is 1. The van der Waals surface area contributed by atoms with Crippen LogP contribution in [0.4, 0.5) is 0 Å². The summed E-state index contributed by atoms with van der Waals surface area (Å²) in [6.07, 6.45) is 2.50. The van der Waals surface area contributed by atoms with Gasteiger partial charge in [0.25, 0.3) is 0 Å². The minimum atomic E-state index is -0.913. The molecule has 0 spiro atoms. The number of aryl methyl sites for hydroxylation is 1. The second kappa shape index (κ2) is 5.14. The molecule has 0 amide bonds. The average Bonchev–Trinajstić information content (AvgIpc) is 3.02. The number of aromatic carboxylic acids is 1. The van der Waals surface area contributed by atoms with Crippen LogP contribution in [0.3, 0.4) is 0 Å². The molecule has 1 aliphatic rings. The van der Waals surface area contributed by atoms with E-state index in [0.717, 1.165) is 18.8 Å². The van der Waals surface area contributed by atoms with E-state index >= 15 is 0 Å². The summed E-state index contributed by atoms with van der Waals surface area (Å²) in [7, 11) is 0. The normalized spacial score (nSPS) is 15.6. The largest absolute Gasteiger partial charge is 0.478 e. The summed E-state index contributed by atoms with van der Waals surface area (Å²) in [5.74, 6) is 0.958. The molecule has 0 aromatic carbocycles. The van der Waals surface area contributed by atoms with Crippen LogP contribution in [0.15, 0.2) is 10.5 Å². The second-order valence-corrected chi connectivity index (χ2v) is 5.54. The molecule has 1 fully saturated rings. The van der Waals surface area contributed by atoms with Gasteiger partial charge in [-0.15, -0.1) is 0 Å². The van der Waals surface area contributed by atoms with E-state index in [-0.39, 0.29) is 5.56 Å². The summed E-state index contributed by atoms with van der Waals surface area (Å²) in [6.45, 7) is 7.86. The molecule has 4 nitrogen and oxygen atoms in total. The molecule has 1 aromatic heterocycles. The summed E-state index contributed by atoms with van der Waals surface area (Å²) in [4.78, 5) is 13.4. The van der Waals surface area contributed by atoms with Crippen molar-refractivity contribution in [2.24, 2.45) is 5.92 Å². The Kier molecular flexibility index (Phi) is 3.76. The Bertz CT molecular complexity index is 432. The fourth-order valence-corrected chi connectivity index (χ4v) is 2.29. The van der Waals surface area contributed by atoms with Crippen LogP contribution in [0.1, 0.15) is 48.6 Å². The van der Waals surface area contributed by atoms with Gasteiger partial charge in [0.2, 0.25) is 0 Å². The van der Waals surface area contributed by atoms with Crippen molar-refractivity contribution in [3.63, 3.8) is 0 Å². The zero-order valence-corrected chi connectivity index (χ0v) is 11.3. The average molecular weight is 251 g/mol.